The first-order valence-corrected chi connectivity index (χ1v) is 19.7. The Morgan fingerprint density at radius 2 is 0.702 bits per heavy atom. The van der Waals surface area contributed by atoms with Crippen LogP contribution in [0.1, 0.15) is 0 Å². The molecular weight excluding hydrogens is 687 g/mol. The van der Waals surface area contributed by atoms with Gasteiger partial charge in [-0.3, -0.25) is 0 Å². The van der Waals surface area contributed by atoms with Crippen LogP contribution in [0.4, 0.5) is 17.1 Å². The van der Waals surface area contributed by atoms with Crippen molar-refractivity contribution in [2.75, 3.05) is 4.90 Å². The molecule has 0 amide bonds. The molecule has 0 atom stereocenters. The molecule has 266 valence electrons. The molecule has 0 aliphatic heterocycles. The Morgan fingerprint density at radius 1 is 0.211 bits per heavy atom. The van der Waals surface area contributed by atoms with Gasteiger partial charge in [0.15, 0.2) is 0 Å². The van der Waals surface area contributed by atoms with E-state index in [1.54, 1.807) is 0 Å². The Labute approximate surface area is 332 Å². The average molecular weight is 724 g/mol. The lowest BCUT2D eigenvalue weighted by Gasteiger charge is -2.27. The molecule has 11 aromatic carbocycles. The number of benzene rings is 11. The van der Waals surface area contributed by atoms with Crippen molar-refractivity contribution in [3.63, 3.8) is 0 Å². The molecule has 0 saturated carbocycles. The fraction of sp³-hybridized carbons (Fsp3) is 0. The molecule has 0 radical (unpaired) electrons. The van der Waals surface area contributed by atoms with Crippen LogP contribution in [0.5, 0.6) is 0 Å². The zero-order valence-corrected chi connectivity index (χ0v) is 31.3. The maximum Gasteiger partial charge on any atom is 0.0468 e. The monoisotopic (exact) mass is 723 g/mol. The second-order valence-electron chi connectivity index (χ2n) is 14.9. The third kappa shape index (κ3) is 5.80. The zero-order valence-electron chi connectivity index (χ0n) is 31.3. The summed E-state index contributed by atoms with van der Waals surface area (Å²) in [6.07, 6.45) is 0. The zero-order chi connectivity index (χ0) is 37.7. The summed E-state index contributed by atoms with van der Waals surface area (Å²) in [4.78, 5) is 2.41. The Morgan fingerprint density at radius 3 is 1.46 bits per heavy atom. The van der Waals surface area contributed by atoms with Crippen molar-refractivity contribution < 1.29 is 0 Å². The van der Waals surface area contributed by atoms with Crippen molar-refractivity contribution in [2.45, 2.75) is 0 Å². The van der Waals surface area contributed by atoms with Gasteiger partial charge >= 0.3 is 0 Å². The summed E-state index contributed by atoms with van der Waals surface area (Å²) in [7, 11) is 0. The van der Waals surface area contributed by atoms with Gasteiger partial charge in [-0.05, 0) is 136 Å². The number of hydrogen-bond donors (Lipinski definition) is 0. The van der Waals surface area contributed by atoms with Gasteiger partial charge in [-0.15, -0.1) is 0 Å². The van der Waals surface area contributed by atoms with Gasteiger partial charge in [0, 0.05) is 17.1 Å². The Bertz CT molecular complexity index is 3260. The highest BCUT2D eigenvalue weighted by molar-refractivity contribution is 6.25. The molecule has 11 rings (SSSR count). The molecule has 0 spiro atoms. The largest absolute Gasteiger partial charge is 0.310 e. The number of nitrogens with zero attached hydrogens (tertiary/aromatic N) is 1. The lowest BCUT2D eigenvalue weighted by Crippen LogP contribution is -2.10. The fourth-order valence-corrected chi connectivity index (χ4v) is 8.82. The lowest BCUT2D eigenvalue weighted by molar-refractivity contribution is 1.29. The first-order valence-electron chi connectivity index (χ1n) is 19.7. The summed E-state index contributed by atoms with van der Waals surface area (Å²) in [5.41, 5.74) is 10.6. The van der Waals surface area contributed by atoms with Crippen molar-refractivity contribution in [3.8, 4) is 33.4 Å². The van der Waals surface area contributed by atoms with E-state index in [2.05, 4.69) is 229 Å². The molecular formula is C56H37N. The molecule has 0 aliphatic carbocycles. The van der Waals surface area contributed by atoms with E-state index in [4.69, 9.17) is 0 Å². The Balaban J connectivity index is 1.05. The third-order valence-electron chi connectivity index (χ3n) is 11.6. The highest BCUT2D eigenvalue weighted by Gasteiger charge is 2.17. The maximum atomic E-state index is 2.41. The molecule has 0 fully saturated rings. The normalized spacial score (nSPS) is 11.5. The average Bonchev–Trinajstić information content (AvgIpc) is 3.29. The van der Waals surface area contributed by atoms with Crippen molar-refractivity contribution in [1.29, 1.82) is 0 Å². The topological polar surface area (TPSA) is 3.24 Å². The van der Waals surface area contributed by atoms with E-state index < -0.39 is 0 Å². The Kier molecular flexibility index (Phi) is 7.89. The lowest BCUT2D eigenvalue weighted by atomic mass is 9.93. The SMILES string of the molecule is c1cc(-c2ccc(N(c3cccc(-c4ccc5ccccc5c4)c3)c3ccc4c5ccccc5c5ccccc5c4c3)cc2)cc(-c2cccc3ccccc23)c1. The van der Waals surface area contributed by atoms with E-state index in [1.807, 2.05) is 0 Å². The molecule has 0 aromatic heterocycles. The van der Waals surface area contributed by atoms with Gasteiger partial charge in [0.05, 0.1) is 0 Å². The number of fused-ring (bicyclic) bond motifs is 8. The molecule has 0 saturated heterocycles. The van der Waals surface area contributed by atoms with Gasteiger partial charge in [0.2, 0.25) is 0 Å². The fourth-order valence-electron chi connectivity index (χ4n) is 8.82. The third-order valence-corrected chi connectivity index (χ3v) is 11.6. The highest BCUT2D eigenvalue weighted by atomic mass is 15.1. The van der Waals surface area contributed by atoms with Gasteiger partial charge in [-0.25, -0.2) is 0 Å². The second kappa shape index (κ2) is 13.7. The predicted octanol–water partition coefficient (Wildman–Crippen LogP) is 15.9. The quantitative estimate of drug-likeness (QED) is 0.154. The van der Waals surface area contributed by atoms with Crippen LogP contribution in [0.25, 0.3) is 87.2 Å². The molecule has 0 aliphatic rings. The van der Waals surface area contributed by atoms with Crippen LogP contribution in [-0.4, -0.2) is 0 Å². The van der Waals surface area contributed by atoms with Crippen molar-refractivity contribution in [2.24, 2.45) is 0 Å². The van der Waals surface area contributed by atoms with E-state index in [1.165, 1.54) is 87.2 Å². The molecule has 0 unspecified atom stereocenters. The summed E-state index contributed by atoms with van der Waals surface area (Å²) in [5.74, 6) is 0. The number of anilines is 3. The smallest absolute Gasteiger partial charge is 0.0468 e. The van der Waals surface area contributed by atoms with Crippen LogP contribution >= 0.6 is 0 Å². The van der Waals surface area contributed by atoms with Crippen LogP contribution < -0.4 is 4.90 Å². The summed E-state index contributed by atoms with van der Waals surface area (Å²) in [5, 5.41) is 12.6. The van der Waals surface area contributed by atoms with Crippen molar-refractivity contribution in [3.05, 3.63) is 224 Å². The molecule has 57 heavy (non-hydrogen) atoms. The highest BCUT2D eigenvalue weighted by Crippen LogP contribution is 2.42. The summed E-state index contributed by atoms with van der Waals surface area (Å²) < 4.78 is 0. The molecule has 0 N–H and O–H groups in total. The van der Waals surface area contributed by atoms with Crippen LogP contribution in [0.15, 0.2) is 224 Å². The van der Waals surface area contributed by atoms with E-state index in [-0.39, 0.29) is 0 Å². The summed E-state index contributed by atoms with van der Waals surface area (Å²) >= 11 is 0. The van der Waals surface area contributed by atoms with Crippen LogP contribution in [0.2, 0.25) is 0 Å². The summed E-state index contributed by atoms with van der Waals surface area (Å²) in [6, 6.07) is 82.1. The van der Waals surface area contributed by atoms with Gasteiger partial charge in [0.25, 0.3) is 0 Å². The minimum atomic E-state index is 1.10. The van der Waals surface area contributed by atoms with Gasteiger partial charge in [0.1, 0.15) is 0 Å². The predicted molar refractivity (Wildman–Crippen MR) is 245 cm³/mol. The van der Waals surface area contributed by atoms with Crippen LogP contribution in [-0.2, 0) is 0 Å². The van der Waals surface area contributed by atoms with E-state index in [0.29, 0.717) is 0 Å². The first-order chi connectivity index (χ1) is 28.2. The van der Waals surface area contributed by atoms with Gasteiger partial charge in [-0.2, -0.15) is 0 Å². The van der Waals surface area contributed by atoms with Crippen molar-refractivity contribution >= 4 is 70.9 Å². The number of hydrogen-bond acceptors (Lipinski definition) is 1. The second-order valence-corrected chi connectivity index (χ2v) is 14.9. The molecule has 1 heteroatoms. The van der Waals surface area contributed by atoms with Gasteiger partial charge < -0.3 is 4.90 Å². The first kappa shape index (κ1) is 32.9. The molecule has 11 aromatic rings. The summed E-state index contributed by atoms with van der Waals surface area (Å²) in [6.45, 7) is 0. The van der Waals surface area contributed by atoms with Gasteiger partial charge in [-0.1, -0.05) is 176 Å². The van der Waals surface area contributed by atoms with E-state index >= 15 is 0 Å². The van der Waals surface area contributed by atoms with Crippen LogP contribution in [0.3, 0.4) is 0 Å². The van der Waals surface area contributed by atoms with E-state index in [0.717, 1.165) is 17.1 Å². The standard InChI is InChI=1S/C56H37N/c1-2-14-41-34-44(27-26-38(41)12-1)43-17-10-19-47(36-43)57(48-32-33-55-53-23-6-5-21-51(53)52-22-7-8-24-54(52)56(55)37-48)46-30-28-39(29-31-46)42-16-9-18-45(35-42)50-25-11-15-40-13-3-4-20-49(40)50/h1-37H. The molecule has 0 heterocycles. The van der Waals surface area contributed by atoms with Crippen LogP contribution in [0, 0.1) is 0 Å². The number of rotatable bonds is 6. The molecule has 1 nitrogen and oxygen atoms in total. The minimum absolute atomic E-state index is 1.10. The maximum absolute atomic E-state index is 2.41. The molecule has 0 bridgehead atoms. The van der Waals surface area contributed by atoms with E-state index in [9.17, 15) is 0 Å². The van der Waals surface area contributed by atoms with Crippen molar-refractivity contribution in [1.82, 2.24) is 0 Å². The minimum Gasteiger partial charge on any atom is -0.310 e. The Hall–Kier alpha value is -7.48.